The minimum Gasteiger partial charge on any atom is -0.385 e. The Morgan fingerprint density at radius 1 is 1.55 bits per heavy atom. The van der Waals surface area contributed by atoms with Crippen molar-refractivity contribution in [1.82, 2.24) is 0 Å². The van der Waals surface area contributed by atoms with Gasteiger partial charge in [-0.3, -0.25) is 4.79 Å². The van der Waals surface area contributed by atoms with Crippen LogP contribution in [0.15, 0.2) is 11.6 Å². The first-order chi connectivity index (χ1) is 5.07. The molecule has 0 spiro atoms. The van der Waals surface area contributed by atoms with Gasteiger partial charge in [0.15, 0.2) is 5.78 Å². The van der Waals surface area contributed by atoms with E-state index < -0.39 is 6.10 Å². The summed E-state index contributed by atoms with van der Waals surface area (Å²) in [7, 11) is 0. The van der Waals surface area contributed by atoms with E-state index in [1.165, 1.54) is 6.08 Å². The van der Waals surface area contributed by atoms with Gasteiger partial charge in [-0.1, -0.05) is 18.9 Å². The van der Waals surface area contributed by atoms with E-state index in [1.807, 2.05) is 20.8 Å². The summed E-state index contributed by atoms with van der Waals surface area (Å²) in [6.07, 6.45) is 2.09. The molecule has 2 heteroatoms. The SMILES string of the molecule is CCCC(O)C(=O)C=C(C)C. The quantitative estimate of drug-likeness (QED) is 0.629. The first kappa shape index (κ1) is 10.4. The van der Waals surface area contributed by atoms with Crippen molar-refractivity contribution < 1.29 is 9.90 Å². The lowest BCUT2D eigenvalue weighted by Gasteiger charge is -2.03. The van der Waals surface area contributed by atoms with Gasteiger partial charge < -0.3 is 5.11 Å². The van der Waals surface area contributed by atoms with E-state index in [0.29, 0.717) is 6.42 Å². The molecule has 0 aromatic rings. The molecule has 0 rings (SSSR count). The molecule has 1 unspecified atom stereocenters. The third-order valence-corrected chi connectivity index (χ3v) is 1.32. The molecule has 0 aliphatic carbocycles. The predicted molar refractivity (Wildman–Crippen MR) is 45.4 cm³/mol. The van der Waals surface area contributed by atoms with Gasteiger partial charge in [0.05, 0.1) is 0 Å². The number of allylic oxidation sites excluding steroid dienone is 1. The molecule has 2 nitrogen and oxygen atoms in total. The molecular formula is C9H16O2. The van der Waals surface area contributed by atoms with E-state index in [1.54, 1.807) is 0 Å². The Hall–Kier alpha value is -0.630. The van der Waals surface area contributed by atoms with Crippen LogP contribution in [0.3, 0.4) is 0 Å². The Kier molecular flexibility index (Phi) is 4.79. The number of aliphatic hydroxyl groups is 1. The second-order valence-electron chi connectivity index (χ2n) is 2.93. The van der Waals surface area contributed by atoms with Crippen molar-refractivity contribution in [2.75, 3.05) is 0 Å². The largest absolute Gasteiger partial charge is 0.385 e. The van der Waals surface area contributed by atoms with E-state index in [4.69, 9.17) is 0 Å². The van der Waals surface area contributed by atoms with Gasteiger partial charge in [-0.25, -0.2) is 0 Å². The van der Waals surface area contributed by atoms with E-state index in [9.17, 15) is 9.90 Å². The lowest BCUT2D eigenvalue weighted by Crippen LogP contribution is -2.17. The standard InChI is InChI=1S/C9H16O2/c1-4-5-8(10)9(11)6-7(2)3/h6,8,10H,4-5H2,1-3H3. The Morgan fingerprint density at radius 2 is 2.09 bits per heavy atom. The maximum Gasteiger partial charge on any atom is 0.184 e. The lowest BCUT2D eigenvalue weighted by molar-refractivity contribution is -0.122. The Labute approximate surface area is 67.9 Å². The summed E-state index contributed by atoms with van der Waals surface area (Å²) in [5.74, 6) is -0.174. The zero-order valence-electron chi connectivity index (χ0n) is 7.42. The third-order valence-electron chi connectivity index (χ3n) is 1.32. The zero-order chi connectivity index (χ0) is 8.85. The van der Waals surface area contributed by atoms with Gasteiger partial charge >= 0.3 is 0 Å². The Morgan fingerprint density at radius 3 is 2.45 bits per heavy atom. The van der Waals surface area contributed by atoms with Crippen molar-refractivity contribution in [2.24, 2.45) is 0 Å². The van der Waals surface area contributed by atoms with Crippen LogP contribution in [0, 0.1) is 0 Å². The molecule has 0 amide bonds. The third kappa shape index (κ3) is 4.73. The highest BCUT2D eigenvalue weighted by atomic mass is 16.3. The van der Waals surface area contributed by atoms with E-state index in [2.05, 4.69) is 0 Å². The number of hydrogen-bond acceptors (Lipinski definition) is 2. The molecule has 0 fully saturated rings. The minimum absolute atomic E-state index is 0.174. The molecule has 0 saturated carbocycles. The van der Waals surface area contributed by atoms with Gasteiger partial charge in [0, 0.05) is 0 Å². The summed E-state index contributed by atoms with van der Waals surface area (Å²) in [5.41, 5.74) is 0.935. The molecular weight excluding hydrogens is 140 g/mol. The second-order valence-corrected chi connectivity index (χ2v) is 2.93. The number of hydrogen-bond donors (Lipinski definition) is 1. The molecule has 0 saturated heterocycles. The van der Waals surface area contributed by atoms with Crippen LogP contribution in [-0.4, -0.2) is 17.0 Å². The van der Waals surface area contributed by atoms with Crippen LogP contribution in [0.4, 0.5) is 0 Å². The van der Waals surface area contributed by atoms with Gasteiger partial charge in [-0.05, 0) is 26.3 Å². The number of rotatable bonds is 4. The summed E-state index contributed by atoms with van der Waals surface area (Å²) >= 11 is 0. The number of carbonyl (C=O) groups is 1. The first-order valence-corrected chi connectivity index (χ1v) is 3.94. The van der Waals surface area contributed by atoms with Gasteiger partial charge in [-0.15, -0.1) is 0 Å². The van der Waals surface area contributed by atoms with Gasteiger partial charge in [0.2, 0.25) is 0 Å². The molecule has 0 heterocycles. The molecule has 0 aliphatic heterocycles. The van der Waals surface area contributed by atoms with E-state index in [0.717, 1.165) is 12.0 Å². The minimum atomic E-state index is -0.796. The molecule has 0 aromatic carbocycles. The van der Waals surface area contributed by atoms with Crippen molar-refractivity contribution in [2.45, 2.75) is 39.7 Å². The van der Waals surface area contributed by atoms with Crippen LogP contribution >= 0.6 is 0 Å². The molecule has 0 bridgehead atoms. The Balaban J connectivity index is 3.93. The summed E-state index contributed by atoms with van der Waals surface area (Å²) in [5, 5.41) is 9.17. The predicted octanol–water partition coefficient (Wildman–Crippen LogP) is 1.68. The van der Waals surface area contributed by atoms with Gasteiger partial charge in [0.1, 0.15) is 6.10 Å². The lowest BCUT2D eigenvalue weighted by atomic mass is 10.1. The first-order valence-electron chi connectivity index (χ1n) is 3.94. The number of aliphatic hydroxyl groups excluding tert-OH is 1. The molecule has 11 heavy (non-hydrogen) atoms. The average molecular weight is 156 g/mol. The van der Waals surface area contributed by atoms with Crippen LogP contribution in [0.5, 0.6) is 0 Å². The maximum absolute atomic E-state index is 11.0. The molecule has 1 N–H and O–H groups in total. The Bertz CT molecular complexity index is 155. The average Bonchev–Trinajstić information content (AvgIpc) is 1.86. The summed E-state index contributed by atoms with van der Waals surface area (Å²) in [4.78, 5) is 11.0. The van der Waals surface area contributed by atoms with Gasteiger partial charge in [-0.2, -0.15) is 0 Å². The molecule has 0 aromatic heterocycles. The van der Waals surface area contributed by atoms with Gasteiger partial charge in [0.25, 0.3) is 0 Å². The maximum atomic E-state index is 11.0. The highest BCUT2D eigenvalue weighted by molar-refractivity contribution is 5.93. The summed E-state index contributed by atoms with van der Waals surface area (Å²) < 4.78 is 0. The number of carbonyl (C=O) groups excluding carboxylic acids is 1. The number of ketones is 1. The highest BCUT2D eigenvalue weighted by Crippen LogP contribution is 2.00. The topological polar surface area (TPSA) is 37.3 Å². The highest BCUT2D eigenvalue weighted by Gasteiger charge is 2.09. The van der Waals surface area contributed by atoms with Crippen LogP contribution in [-0.2, 0) is 4.79 Å². The van der Waals surface area contributed by atoms with Crippen LogP contribution in [0.1, 0.15) is 33.6 Å². The fourth-order valence-electron chi connectivity index (χ4n) is 0.796. The molecule has 0 aliphatic rings. The normalized spacial score (nSPS) is 12.4. The van der Waals surface area contributed by atoms with Crippen molar-refractivity contribution in [3.05, 3.63) is 11.6 Å². The van der Waals surface area contributed by atoms with Crippen LogP contribution < -0.4 is 0 Å². The van der Waals surface area contributed by atoms with Crippen LogP contribution in [0.25, 0.3) is 0 Å². The fraction of sp³-hybridized carbons (Fsp3) is 0.667. The van der Waals surface area contributed by atoms with E-state index >= 15 is 0 Å². The molecule has 64 valence electrons. The van der Waals surface area contributed by atoms with Crippen molar-refractivity contribution >= 4 is 5.78 Å². The van der Waals surface area contributed by atoms with E-state index in [-0.39, 0.29) is 5.78 Å². The molecule has 0 radical (unpaired) electrons. The summed E-state index contributed by atoms with van der Waals surface area (Å²) in [6.45, 7) is 5.63. The van der Waals surface area contributed by atoms with Crippen LogP contribution in [0.2, 0.25) is 0 Å². The monoisotopic (exact) mass is 156 g/mol. The zero-order valence-corrected chi connectivity index (χ0v) is 7.42. The van der Waals surface area contributed by atoms with Crippen molar-refractivity contribution in [1.29, 1.82) is 0 Å². The fourth-order valence-corrected chi connectivity index (χ4v) is 0.796. The van der Waals surface area contributed by atoms with Crippen molar-refractivity contribution in [3.8, 4) is 0 Å². The summed E-state index contributed by atoms with van der Waals surface area (Å²) in [6, 6.07) is 0. The second kappa shape index (κ2) is 5.08. The smallest absolute Gasteiger partial charge is 0.184 e. The molecule has 1 atom stereocenters. The van der Waals surface area contributed by atoms with Crippen molar-refractivity contribution in [3.63, 3.8) is 0 Å².